The number of nitrogens with zero attached hydrogens (tertiary/aromatic N) is 3. The van der Waals surface area contributed by atoms with Crippen molar-refractivity contribution >= 4 is 11.8 Å². The largest absolute Gasteiger partial charge is 0.270 e. The Kier molecular flexibility index (Phi) is 5.21. The number of hydrogen-bond donors (Lipinski definition) is 0. The van der Waals surface area contributed by atoms with Crippen LogP contribution in [0.2, 0.25) is 0 Å². The molecule has 0 unspecified atom stereocenters. The Hall–Kier alpha value is -2.99. The van der Waals surface area contributed by atoms with Crippen molar-refractivity contribution in [3.8, 4) is 17.1 Å². The Labute approximate surface area is 166 Å². The van der Waals surface area contributed by atoms with Crippen LogP contribution in [0.25, 0.3) is 17.1 Å². The lowest BCUT2D eigenvalue weighted by atomic mass is 10.2. The van der Waals surface area contributed by atoms with Crippen LogP contribution in [0.4, 0.5) is 8.78 Å². The Bertz CT molecular complexity index is 1070. The third kappa shape index (κ3) is 3.97. The van der Waals surface area contributed by atoms with E-state index in [2.05, 4.69) is 10.2 Å². The van der Waals surface area contributed by atoms with Gasteiger partial charge in [0.05, 0.1) is 0 Å². The van der Waals surface area contributed by atoms with Gasteiger partial charge in [-0.2, -0.15) is 0 Å². The lowest BCUT2D eigenvalue weighted by molar-refractivity contribution is 0.627. The van der Waals surface area contributed by atoms with Crippen LogP contribution in [0.15, 0.2) is 78.0 Å². The maximum atomic E-state index is 13.3. The Morgan fingerprint density at radius 2 is 1.39 bits per heavy atom. The van der Waals surface area contributed by atoms with Crippen LogP contribution in [0.1, 0.15) is 11.1 Å². The second-order valence-corrected chi connectivity index (χ2v) is 7.34. The van der Waals surface area contributed by atoms with Gasteiger partial charge in [0.25, 0.3) is 0 Å². The van der Waals surface area contributed by atoms with E-state index in [0.29, 0.717) is 16.7 Å². The number of aryl methyl sites for hydroxylation is 1. The summed E-state index contributed by atoms with van der Waals surface area (Å²) in [5.74, 6) is 0.727. The first-order valence-electron chi connectivity index (χ1n) is 8.76. The minimum Gasteiger partial charge on any atom is -0.270 e. The average Bonchev–Trinajstić information content (AvgIpc) is 3.13. The average molecular weight is 393 g/mol. The third-order valence-electron chi connectivity index (χ3n) is 4.31. The molecule has 0 spiro atoms. The van der Waals surface area contributed by atoms with Crippen molar-refractivity contribution in [1.82, 2.24) is 14.8 Å². The topological polar surface area (TPSA) is 30.7 Å². The number of benzene rings is 3. The smallest absolute Gasteiger partial charge is 0.196 e. The fourth-order valence-corrected chi connectivity index (χ4v) is 3.71. The van der Waals surface area contributed by atoms with Crippen LogP contribution in [0.3, 0.4) is 0 Å². The van der Waals surface area contributed by atoms with Crippen molar-refractivity contribution in [3.05, 3.63) is 95.6 Å². The summed E-state index contributed by atoms with van der Waals surface area (Å²) >= 11 is 1.52. The van der Waals surface area contributed by atoms with Gasteiger partial charge in [0.15, 0.2) is 11.0 Å². The number of aromatic nitrogens is 3. The third-order valence-corrected chi connectivity index (χ3v) is 5.31. The molecular formula is C22H17F2N3S. The van der Waals surface area contributed by atoms with E-state index in [1.807, 2.05) is 35.8 Å². The van der Waals surface area contributed by atoms with E-state index in [1.165, 1.54) is 36.0 Å². The van der Waals surface area contributed by atoms with Gasteiger partial charge in [0.1, 0.15) is 11.6 Å². The molecule has 1 heterocycles. The fraction of sp³-hybridized carbons (Fsp3) is 0.0909. The highest BCUT2D eigenvalue weighted by Crippen LogP contribution is 2.30. The first-order chi connectivity index (χ1) is 13.6. The van der Waals surface area contributed by atoms with Crippen LogP contribution >= 0.6 is 11.8 Å². The van der Waals surface area contributed by atoms with Crippen molar-refractivity contribution in [3.63, 3.8) is 0 Å². The van der Waals surface area contributed by atoms with E-state index in [0.717, 1.165) is 22.4 Å². The van der Waals surface area contributed by atoms with Gasteiger partial charge in [0.2, 0.25) is 0 Å². The van der Waals surface area contributed by atoms with Crippen LogP contribution in [-0.2, 0) is 5.75 Å². The quantitative estimate of drug-likeness (QED) is 0.401. The van der Waals surface area contributed by atoms with Gasteiger partial charge in [-0.15, -0.1) is 10.2 Å². The Morgan fingerprint density at radius 3 is 2.04 bits per heavy atom. The maximum absolute atomic E-state index is 13.3. The van der Waals surface area contributed by atoms with Crippen molar-refractivity contribution < 1.29 is 8.78 Å². The van der Waals surface area contributed by atoms with Gasteiger partial charge in [-0.25, -0.2) is 8.78 Å². The first kappa shape index (κ1) is 18.4. The summed E-state index contributed by atoms with van der Waals surface area (Å²) in [6.45, 7) is 2.03. The Balaban J connectivity index is 1.72. The normalized spacial score (nSPS) is 11.0. The summed E-state index contributed by atoms with van der Waals surface area (Å²) in [7, 11) is 0. The second-order valence-electron chi connectivity index (χ2n) is 6.40. The SMILES string of the molecule is Cc1ccc(-n2c(SCc3ccc(F)cc3)nnc2-c2ccc(F)cc2)cc1. The van der Waals surface area contributed by atoms with Gasteiger partial charge in [0, 0.05) is 17.0 Å². The molecule has 0 aliphatic heterocycles. The zero-order valence-corrected chi connectivity index (χ0v) is 16.0. The zero-order chi connectivity index (χ0) is 19.5. The molecule has 3 aromatic carbocycles. The van der Waals surface area contributed by atoms with E-state index in [4.69, 9.17) is 0 Å². The van der Waals surface area contributed by atoms with Crippen LogP contribution in [-0.4, -0.2) is 14.8 Å². The molecular weight excluding hydrogens is 376 g/mol. The molecule has 0 saturated carbocycles. The lowest BCUT2D eigenvalue weighted by Gasteiger charge is -2.11. The molecule has 0 fully saturated rings. The van der Waals surface area contributed by atoms with Gasteiger partial charge < -0.3 is 0 Å². The molecule has 0 bridgehead atoms. The number of halogens is 2. The highest BCUT2D eigenvalue weighted by Gasteiger charge is 2.16. The first-order valence-corrected chi connectivity index (χ1v) is 9.74. The molecule has 28 heavy (non-hydrogen) atoms. The summed E-state index contributed by atoms with van der Waals surface area (Å²) in [6, 6.07) is 20.7. The van der Waals surface area contributed by atoms with Crippen molar-refractivity contribution in [2.45, 2.75) is 17.8 Å². The molecule has 0 atom stereocenters. The van der Waals surface area contributed by atoms with E-state index in [-0.39, 0.29) is 11.6 Å². The molecule has 0 saturated heterocycles. The second kappa shape index (κ2) is 7.94. The summed E-state index contributed by atoms with van der Waals surface area (Å²) in [5.41, 5.74) is 3.86. The highest BCUT2D eigenvalue weighted by molar-refractivity contribution is 7.98. The van der Waals surface area contributed by atoms with Gasteiger partial charge in [-0.1, -0.05) is 41.6 Å². The minimum atomic E-state index is -0.295. The van der Waals surface area contributed by atoms with Crippen LogP contribution in [0.5, 0.6) is 0 Å². The standard InChI is InChI=1S/C22H17F2N3S/c1-15-2-12-20(13-3-15)27-21(17-6-10-19(24)11-7-17)25-26-22(27)28-14-16-4-8-18(23)9-5-16/h2-13H,14H2,1H3. The lowest BCUT2D eigenvalue weighted by Crippen LogP contribution is -2.00. The van der Waals surface area contributed by atoms with Crippen molar-refractivity contribution in [2.75, 3.05) is 0 Å². The van der Waals surface area contributed by atoms with Gasteiger partial charge >= 0.3 is 0 Å². The zero-order valence-electron chi connectivity index (χ0n) is 15.1. The van der Waals surface area contributed by atoms with E-state index in [1.54, 1.807) is 24.3 Å². The molecule has 0 aliphatic rings. The summed E-state index contributed by atoms with van der Waals surface area (Å²) < 4.78 is 28.4. The molecule has 4 aromatic rings. The van der Waals surface area contributed by atoms with Gasteiger partial charge in [-0.05, 0) is 61.0 Å². The van der Waals surface area contributed by atoms with Crippen molar-refractivity contribution in [2.24, 2.45) is 0 Å². The molecule has 0 N–H and O–H groups in total. The highest BCUT2D eigenvalue weighted by atomic mass is 32.2. The van der Waals surface area contributed by atoms with E-state index >= 15 is 0 Å². The molecule has 0 amide bonds. The summed E-state index contributed by atoms with van der Waals surface area (Å²) in [4.78, 5) is 0. The number of thioether (sulfide) groups is 1. The minimum absolute atomic E-state index is 0.254. The maximum Gasteiger partial charge on any atom is 0.196 e. The molecule has 1 aromatic heterocycles. The van der Waals surface area contributed by atoms with Crippen LogP contribution in [0, 0.1) is 18.6 Å². The monoisotopic (exact) mass is 393 g/mol. The molecule has 0 radical (unpaired) electrons. The van der Waals surface area contributed by atoms with Gasteiger partial charge in [-0.3, -0.25) is 4.57 Å². The predicted octanol–water partition coefficient (Wildman–Crippen LogP) is 5.81. The summed E-state index contributed by atoms with van der Waals surface area (Å²) in [6.07, 6.45) is 0. The molecule has 4 rings (SSSR count). The van der Waals surface area contributed by atoms with Crippen LogP contribution < -0.4 is 0 Å². The summed E-state index contributed by atoms with van der Waals surface area (Å²) in [5, 5.41) is 9.42. The Morgan fingerprint density at radius 1 is 0.786 bits per heavy atom. The molecule has 6 heteroatoms. The van der Waals surface area contributed by atoms with E-state index < -0.39 is 0 Å². The molecule has 3 nitrogen and oxygen atoms in total. The number of rotatable bonds is 5. The number of hydrogen-bond acceptors (Lipinski definition) is 3. The molecule has 140 valence electrons. The fourth-order valence-electron chi connectivity index (χ4n) is 2.80. The van der Waals surface area contributed by atoms with E-state index in [9.17, 15) is 8.78 Å². The predicted molar refractivity (Wildman–Crippen MR) is 107 cm³/mol. The van der Waals surface area contributed by atoms with Crippen molar-refractivity contribution in [1.29, 1.82) is 0 Å². The molecule has 0 aliphatic carbocycles.